The molecule has 1 aromatic carbocycles. The van der Waals surface area contributed by atoms with E-state index in [1.165, 1.54) is 30.7 Å². The fourth-order valence-corrected chi connectivity index (χ4v) is 4.38. The molecule has 0 saturated heterocycles. The molecule has 1 aromatic rings. The summed E-state index contributed by atoms with van der Waals surface area (Å²) < 4.78 is 37.3. The van der Waals surface area contributed by atoms with Gasteiger partial charge in [-0.15, -0.1) is 0 Å². The third-order valence-corrected chi connectivity index (χ3v) is 5.82. The zero-order valence-electron chi connectivity index (χ0n) is 11.8. The third-order valence-electron chi connectivity index (χ3n) is 4.06. The van der Waals surface area contributed by atoms with Gasteiger partial charge in [-0.25, -0.2) is 12.8 Å². The molecule has 0 radical (unpaired) electrons. The van der Waals surface area contributed by atoms with Crippen LogP contribution in [0, 0.1) is 11.7 Å². The summed E-state index contributed by atoms with van der Waals surface area (Å²) in [5.41, 5.74) is 0. The first-order chi connectivity index (χ1) is 9.53. The minimum atomic E-state index is -3.30. The average molecular weight is 299 g/mol. The lowest BCUT2D eigenvalue weighted by Crippen LogP contribution is -2.33. The largest absolute Gasteiger partial charge is 0.314 e. The summed E-state index contributed by atoms with van der Waals surface area (Å²) in [6.07, 6.45) is 4.07. The molecule has 112 valence electrons. The molecule has 0 amide bonds. The highest BCUT2D eigenvalue weighted by Gasteiger charge is 2.28. The molecule has 5 heteroatoms. The van der Waals surface area contributed by atoms with Crippen molar-refractivity contribution in [3.05, 3.63) is 30.1 Å². The Morgan fingerprint density at radius 2 is 1.95 bits per heavy atom. The van der Waals surface area contributed by atoms with E-state index in [1.54, 1.807) is 0 Å². The summed E-state index contributed by atoms with van der Waals surface area (Å²) in [6.45, 7) is 3.00. The van der Waals surface area contributed by atoms with E-state index >= 15 is 0 Å². The van der Waals surface area contributed by atoms with Gasteiger partial charge in [0, 0.05) is 6.04 Å². The molecule has 2 atom stereocenters. The molecule has 1 N–H and O–H groups in total. The Morgan fingerprint density at radius 1 is 1.25 bits per heavy atom. The highest BCUT2D eigenvalue weighted by molar-refractivity contribution is 7.91. The zero-order valence-corrected chi connectivity index (χ0v) is 12.6. The number of nitrogens with one attached hydrogen (secondary N) is 1. The molecule has 2 rings (SSSR count). The van der Waals surface area contributed by atoms with Crippen LogP contribution in [-0.2, 0) is 9.84 Å². The molecular weight excluding hydrogens is 277 g/mol. The standard InChI is InChI=1S/C15H22FNO2S/c1-2-17-15-5-3-4-12(15)10-11-20(18,19)14-8-6-13(16)7-9-14/h6-9,12,15,17H,2-5,10-11H2,1H3. The second-order valence-electron chi connectivity index (χ2n) is 5.42. The lowest BCUT2D eigenvalue weighted by molar-refractivity contribution is 0.398. The lowest BCUT2D eigenvalue weighted by atomic mass is 10.0. The predicted molar refractivity (Wildman–Crippen MR) is 77.9 cm³/mol. The van der Waals surface area contributed by atoms with E-state index in [2.05, 4.69) is 12.2 Å². The number of benzene rings is 1. The molecule has 1 fully saturated rings. The molecular formula is C15H22FNO2S. The van der Waals surface area contributed by atoms with Gasteiger partial charge in [0.15, 0.2) is 9.84 Å². The molecule has 0 aromatic heterocycles. The van der Waals surface area contributed by atoms with E-state index in [9.17, 15) is 12.8 Å². The number of hydrogen-bond donors (Lipinski definition) is 1. The van der Waals surface area contributed by atoms with Crippen molar-refractivity contribution in [3.8, 4) is 0 Å². The molecule has 2 unspecified atom stereocenters. The lowest BCUT2D eigenvalue weighted by Gasteiger charge is -2.20. The van der Waals surface area contributed by atoms with E-state index in [0.717, 1.165) is 19.4 Å². The maximum Gasteiger partial charge on any atom is 0.178 e. The number of halogens is 1. The molecule has 20 heavy (non-hydrogen) atoms. The van der Waals surface area contributed by atoms with Crippen molar-refractivity contribution in [2.45, 2.75) is 43.5 Å². The number of hydrogen-bond acceptors (Lipinski definition) is 3. The quantitative estimate of drug-likeness (QED) is 0.822. The van der Waals surface area contributed by atoms with Crippen LogP contribution in [-0.4, -0.2) is 26.8 Å². The summed E-state index contributed by atoms with van der Waals surface area (Å²) in [5, 5.41) is 3.43. The second kappa shape index (κ2) is 6.68. The van der Waals surface area contributed by atoms with Gasteiger partial charge in [-0.2, -0.15) is 0 Å². The minimum Gasteiger partial charge on any atom is -0.314 e. The normalized spacial score (nSPS) is 23.1. The molecule has 0 aliphatic heterocycles. The topological polar surface area (TPSA) is 46.2 Å². The second-order valence-corrected chi connectivity index (χ2v) is 7.53. The maximum atomic E-state index is 12.8. The first-order valence-corrected chi connectivity index (χ1v) is 8.90. The van der Waals surface area contributed by atoms with Crippen molar-refractivity contribution in [2.75, 3.05) is 12.3 Å². The van der Waals surface area contributed by atoms with Crippen molar-refractivity contribution in [2.24, 2.45) is 5.92 Å². The van der Waals surface area contributed by atoms with Crippen LogP contribution in [0.4, 0.5) is 4.39 Å². The van der Waals surface area contributed by atoms with Gasteiger partial charge in [0.1, 0.15) is 5.82 Å². The van der Waals surface area contributed by atoms with Crippen LogP contribution in [0.3, 0.4) is 0 Å². The molecule has 0 spiro atoms. The van der Waals surface area contributed by atoms with Crippen LogP contribution < -0.4 is 5.32 Å². The van der Waals surface area contributed by atoms with Gasteiger partial charge in [0.2, 0.25) is 0 Å². The number of rotatable bonds is 6. The van der Waals surface area contributed by atoms with Crippen LogP contribution in [0.5, 0.6) is 0 Å². The average Bonchev–Trinajstić information content (AvgIpc) is 2.85. The highest BCUT2D eigenvalue weighted by Crippen LogP contribution is 2.29. The van der Waals surface area contributed by atoms with Gasteiger partial charge in [-0.05, 0) is 56.0 Å². The molecule has 0 heterocycles. The van der Waals surface area contributed by atoms with Crippen LogP contribution >= 0.6 is 0 Å². The third kappa shape index (κ3) is 3.79. The van der Waals surface area contributed by atoms with Crippen molar-refractivity contribution >= 4 is 9.84 Å². The summed E-state index contributed by atoms with van der Waals surface area (Å²) in [7, 11) is -3.30. The van der Waals surface area contributed by atoms with Gasteiger partial charge >= 0.3 is 0 Å². The molecule has 3 nitrogen and oxygen atoms in total. The zero-order chi connectivity index (χ0) is 14.6. The van der Waals surface area contributed by atoms with Gasteiger partial charge in [0.25, 0.3) is 0 Å². The fourth-order valence-electron chi connectivity index (χ4n) is 2.98. The smallest absolute Gasteiger partial charge is 0.178 e. The van der Waals surface area contributed by atoms with Gasteiger partial charge in [-0.1, -0.05) is 13.3 Å². The Hall–Kier alpha value is -0.940. The Labute approximate surface area is 120 Å². The highest BCUT2D eigenvalue weighted by atomic mass is 32.2. The summed E-state index contributed by atoms with van der Waals surface area (Å²) >= 11 is 0. The van der Waals surface area contributed by atoms with Crippen molar-refractivity contribution in [3.63, 3.8) is 0 Å². The predicted octanol–water partition coefficient (Wildman–Crippen LogP) is 2.77. The SMILES string of the molecule is CCNC1CCCC1CCS(=O)(=O)c1ccc(F)cc1. The van der Waals surface area contributed by atoms with Crippen molar-refractivity contribution in [1.82, 2.24) is 5.32 Å². The van der Waals surface area contributed by atoms with E-state index < -0.39 is 15.7 Å². The first kappa shape index (κ1) is 15.4. The Bertz CT molecular complexity index is 527. The monoisotopic (exact) mass is 299 g/mol. The van der Waals surface area contributed by atoms with Crippen molar-refractivity contribution < 1.29 is 12.8 Å². The Balaban J connectivity index is 1.97. The summed E-state index contributed by atoms with van der Waals surface area (Å²) in [5.74, 6) is 0.169. The van der Waals surface area contributed by atoms with Crippen LogP contribution in [0.2, 0.25) is 0 Å². The van der Waals surface area contributed by atoms with Gasteiger partial charge < -0.3 is 5.32 Å². The Morgan fingerprint density at radius 3 is 2.60 bits per heavy atom. The fraction of sp³-hybridized carbons (Fsp3) is 0.600. The molecule has 1 aliphatic carbocycles. The van der Waals surface area contributed by atoms with Crippen molar-refractivity contribution in [1.29, 1.82) is 0 Å². The number of sulfone groups is 1. The molecule has 1 saturated carbocycles. The van der Waals surface area contributed by atoms with E-state index in [4.69, 9.17) is 0 Å². The summed E-state index contributed by atoms with van der Waals surface area (Å²) in [4.78, 5) is 0.219. The summed E-state index contributed by atoms with van der Waals surface area (Å²) in [6, 6.07) is 5.54. The van der Waals surface area contributed by atoms with Crippen LogP contribution in [0.15, 0.2) is 29.2 Å². The van der Waals surface area contributed by atoms with E-state index in [1.807, 2.05) is 0 Å². The van der Waals surface area contributed by atoms with Crippen LogP contribution in [0.25, 0.3) is 0 Å². The first-order valence-electron chi connectivity index (χ1n) is 7.24. The van der Waals surface area contributed by atoms with Gasteiger partial charge in [0.05, 0.1) is 10.6 Å². The van der Waals surface area contributed by atoms with Crippen LogP contribution in [0.1, 0.15) is 32.6 Å². The van der Waals surface area contributed by atoms with E-state index in [-0.39, 0.29) is 10.6 Å². The maximum absolute atomic E-state index is 12.8. The molecule has 0 bridgehead atoms. The van der Waals surface area contributed by atoms with E-state index in [0.29, 0.717) is 18.4 Å². The minimum absolute atomic E-state index is 0.144. The van der Waals surface area contributed by atoms with Gasteiger partial charge in [-0.3, -0.25) is 0 Å². The Kier molecular flexibility index (Phi) is 5.16. The molecule has 1 aliphatic rings.